The van der Waals surface area contributed by atoms with Gasteiger partial charge in [0.2, 0.25) is 0 Å². The number of fused-ring (bicyclic) bond motifs is 9. The van der Waals surface area contributed by atoms with Gasteiger partial charge in [-0.2, -0.15) is 20.3 Å². The summed E-state index contributed by atoms with van der Waals surface area (Å²) in [6.45, 7) is 0.0883. The molecular formula is C78H50N6O18S4. The smallest absolute Gasteiger partial charge is 0.424 e. The minimum Gasteiger partial charge on any atom is -0.458 e. The lowest BCUT2D eigenvalue weighted by Gasteiger charge is -2.33. The molecule has 0 N–H and O–H groups in total. The molecule has 8 heterocycles. The molecule has 524 valence electrons. The molecule has 6 amide bonds. The maximum Gasteiger partial charge on any atom is 0.424 e. The second-order valence-electron chi connectivity index (χ2n) is 23.8. The van der Waals surface area contributed by atoms with Gasteiger partial charge in [0, 0.05) is 23.3 Å². The highest BCUT2D eigenvalue weighted by Gasteiger charge is 2.64. The lowest BCUT2D eigenvalue weighted by Crippen LogP contribution is -2.52. The summed E-state index contributed by atoms with van der Waals surface area (Å²) in [5, 5.41) is 20.5. The number of hydrogen-bond donors (Lipinski definition) is 0. The van der Waals surface area contributed by atoms with E-state index < -0.39 is 120 Å². The van der Waals surface area contributed by atoms with Gasteiger partial charge in [-0.25, -0.2) is 38.8 Å². The van der Waals surface area contributed by atoms with Crippen molar-refractivity contribution in [3.63, 3.8) is 0 Å². The van der Waals surface area contributed by atoms with Gasteiger partial charge in [-0.1, -0.05) is 182 Å². The SMILES string of the molecule is CC1=C(C#N)C(=O)N(C(=O)OCc2ccccc2)C(=O)/C1=N\c1cc2c(s1)-c1sc3c4c(sc3c1C(C(=O)OCc1ccccc1)(C(=O)OCc1ccccc1)O2)-c1sc(/N=C2\C(=O)N(C(=O)OCc3ccccc3)C(=O)C(C#N)=C2C)cc1OC4(C(=O)OCc1ccccc1)C(=O)OCc1ccccc1. The zero-order valence-corrected chi connectivity index (χ0v) is 58.6. The second kappa shape index (κ2) is 29.3. The van der Waals surface area contributed by atoms with Gasteiger partial charge in [0.15, 0.2) is 0 Å². The molecule has 24 nitrogen and oxygen atoms in total. The van der Waals surface area contributed by atoms with Gasteiger partial charge in [0.1, 0.15) is 95.9 Å². The predicted molar refractivity (Wildman–Crippen MR) is 384 cm³/mol. The van der Waals surface area contributed by atoms with E-state index in [0.29, 0.717) is 33.4 Å². The normalized spacial score (nSPS) is 15.4. The first kappa shape index (κ1) is 69.9. The molecule has 0 unspecified atom stereocenters. The molecule has 0 saturated carbocycles. The summed E-state index contributed by atoms with van der Waals surface area (Å²) < 4.78 is 49.3. The molecule has 4 aromatic heterocycles. The molecule has 0 radical (unpaired) electrons. The number of amides is 6. The molecule has 6 aromatic carbocycles. The van der Waals surface area contributed by atoms with Crippen LogP contribution in [0.4, 0.5) is 19.6 Å². The van der Waals surface area contributed by atoms with E-state index in [1.807, 2.05) is 0 Å². The van der Waals surface area contributed by atoms with E-state index in [0.717, 1.165) is 45.3 Å². The minimum absolute atomic E-state index is 0.00909. The summed E-state index contributed by atoms with van der Waals surface area (Å²) in [6.07, 6.45) is -2.81. The molecule has 0 spiro atoms. The van der Waals surface area contributed by atoms with E-state index in [9.17, 15) is 39.3 Å². The average molecular weight is 1490 g/mol. The number of carbonyl (C=O) groups excluding carboxylic acids is 10. The van der Waals surface area contributed by atoms with Crippen LogP contribution in [0.15, 0.2) is 226 Å². The third kappa shape index (κ3) is 12.9. The number of rotatable bonds is 18. The van der Waals surface area contributed by atoms with Crippen LogP contribution in [0.3, 0.4) is 0 Å². The van der Waals surface area contributed by atoms with Crippen molar-refractivity contribution in [3.05, 3.63) is 261 Å². The van der Waals surface area contributed by atoms with Crippen molar-refractivity contribution < 1.29 is 85.8 Å². The van der Waals surface area contributed by atoms with Crippen LogP contribution in [0.25, 0.3) is 28.9 Å². The number of nitrogens with zero attached hydrogens (tertiary/aromatic N) is 6. The summed E-state index contributed by atoms with van der Waals surface area (Å²) in [6, 6.07) is 56.8. The molecule has 0 atom stereocenters. The topological polar surface area (TPSA) is 323 Å². The van der Waals surface area contributed by atoms with Crippen molar-refractivity contribution in [2.75, 3.05) is 0 Å². The molecule has 0 aliphatic carbocycles. The highest BCUT2D eigenvalue weighted by molar-refractivity contribution is 7.35. The summed E-state index contributed by atoms with van der Waals surface area (Å²) in [5.74, 6) is -10.9. The van der Waals surface area contributed by atoms with E-state index >= 15 is 19.2 Å². The Morgan fingerprint density at radius 3 is 0.915 bits per heavy atom. The van der Waals surface area contributed by atoms with Crippen molar-refractivity contribution in [1.82, 2.24) is 9.80 Å². The lowest BCUT2D eigenvalue weighted by atomic mass is 9.88. The van der Waals surface area contributed by atoms with Crippen LogP contribution < -0.4 is 9.47 Å². The molecule has 4 aliphatic heterocycles. The Labute approximate surface area is 617 Å². The summed E-state index contributed by atoms with van der Waals surface area (Å²) in [4.78, 5) is 158. The van der Waals surface area contributed by atoms with E-state index in [4.69, 9.17) is 37.9 Å². The van der Waals surface area contributed by atoms with Crippen LogP contribution in [0.1, 0.15) is 58.4 Å². The zero-order valence-electron chi connectivity index (χ0n) is 55.4. The molecule has 0 fully saturated rings. The van der Waals surface area contributed by atoms with Gasteiger partial charge in [-0.15, -0.1) is 45.3 Å². The van der Waals surface area contributed by atoms with E-state index in [-0.39, 0.29) is 95.7 Å². The molecular weight excluding hydrogens is 1440 g/mol. The van der Waals surface area contributed by atoms with Crippen molar-refractivity contribution in [1.29, 1.82) is 10.5 Å². The van der Waals surface area contributed by atoms with E-state index in [1.165, 1.54) is 26.0 Å². The number of hydrogen-bond acceptors (Lipinski definition) is 26. The standard InChI is InChI=1S/C78H50N6O18S4/c1-43-51(35-79)67(85)83(75(93)99-41-49-29-17-7-18-30-49)69(87)59(43)81-55-33-53-61(103-55)63-57(77(101-53,71(89)95-37-45-21-9-3-10-22-45)72(90)96-38-46-23-11-4-12-24-46)65-66(105-63)58-64(106-65)62-54(102-78(58,73(91)97-39-47-25-13-5-14-26-47)74(92)98-40-48-27-15-6-16-28-48)34-56(104-62)82-60-44(2)52(36-80)68(86)84(70(60)88)76(94)100-42-50-31-19-8-20-32-50/h3-34H,37-42H2,1-2H3/b81-59-,82-60-. The molecule has 28 heteroatoms. The second-order valence-corrected chi connectivity index (χ2v) is 27.9. The molecule has 14 rings (SSSR count). The van der Waals surface area contributed by atoms with Crippen molar-refractivity contribution in [2.45, 2.75) is 64.7 Å². The quantitative estimate of drug-likeness (QED) is 0.0333. The number of ether oxygens (including phenoxy) is 8. The molecule has 4 aliphatic rings. The highest BCUT2D eigenvalue weighted by atomic mass is 32.1. The third-order valence-corrected chi connectivity index (χ3v) is 22.0. The first-order valence-electron chi connectivity index (χ1n) is 32.1. The fraction of sp³-hybridized carbons (Fsp3) is 0.128. The van der Waals surface area contributed by atoms with Crippen LogP contribution in [0, 0.1) is 22.7 Å². The van der Waals surface area contributed by atoms with Crippen LogP contribution in [-0.2, 0) is 118 Å². The fourth-order valence-electron chi connectivity index (χ4n) is 11.8. The monoisotopic (exact) mass is 1490 g/mol. The van der Waals surface area contributed by atoms with Gasteiger partial charge in [-0.3, -0.25) is 19.2 Å². The molecule has 10 aromatic rings. The van der Waals surface area contributed by atoms with Gasteiger partial charge >= 0.3 is 47.3 Å². The predicted octanol–water partition coefficient (Wildman–Crippen LogP) is 13.8. The largest absolute Gasteiger partial charge is 0.458 e. The summed E-state index contributed by atoms with van der Waals surface area (Å²) in [5.41, 5.74) is -6.36. The Kier molecular flexibility index (Phi) is 19.3. The Hall–Kier alpha value is -13.1. The summed E-state index contributed by atoms with van der Waals surface area (Å²) in [7, 11) is 0. The highest BCUT2D eigenvalue weighted by Crippen LogP contribution is 2.65. The van der Waals surface area contributed by atoms with Crippen LogP contribution in [-0.4, -0.2) is 80.9 Å². The van der Waals surface area contributed by atoms with Crippen LogP contribution in [0.5, 0.6) is 11.5 Å². The van der Waals surface area contributed by atoms with E-state index in [2.05, 4.69) is 9.98 Å². The van der Waals surface area contributed by atoms with Crippen molar-refractivity contribution >= 4 is 136 Å². The van der Waals surface area contributed by atoms with Gasteiger partial charge in [0.05, 0.1) is 40.0 Å². The molecule has 0 bridgehead atoms. The maximum absolute atomic E-state index is 16.0. The summed E-state index contributed by atoms with van der Waals surface area (Å²) >= 11 is 3.36. The number of carbonyl (C=O) groups is 10. The van der Waals surface area contributed by atoms with Gasteiger partial charge in [0.25, 0.3) is 23.6 Å². The first-order chi connectivity index (χ1) is 51.4. The van der Waals surface area contributed by atoms with Crippen molar-refractivity contribution in [2.24, 2.45) is 9.98 Å². The average Bonchev–Trinajstić information content (AvgIpc) is 1.51. The van der Waals surface area contributed by atoms with Gasteiger partial charge in [-0.05, 0) is 47.2 Å². The molecule has 106 heavy (non-hydrogen) atoms. The third-order valence-electron chi connectivity index (χ3n) is 17.1. The number of nitriles is 2. The Morgan fingerprint density at radius 2 is 0.651 bits per heavy atom. The number of aliphatic imine (C=N–C) groups is 2. The first-order valence-corrected chi connectivity index (χ1v) is 35.4. The van der Waals surface area contributed by atoms with Crippen molar-refractivity contribution in [3.8, 4) is 43.1 Å². The lowest BCUT2D eigenvalue weighted by molar-refractivity contribution is -0.184. The van der Waals surface area contributed by atoms with Crippen LogP contribution in [0.2, 0.25) is 0 Å². The number of benzene rings is 6. The Morgan fingerprint density at radius 1 is 0.387 bits per heavy atom. The van der Waals surface area contributed by atoms with E-state index in [1.54, 1.807) is 194 Å². The fourth-order valence-corrected chi connectivity index (χ4v) is 17.1. The number of thiophene rings is 4. The number of imide groups is 6. The molecule has 0 saturated heterocycles. The number of esters is 4. The zero-order chi connectivity index (χ0) is 74.0. The minimum atomic E-state index is -3.02. The van der Waals surface area contributed by atoms with Gasteiger partial charge < -0.3 is 37.9 Å². The maximum atomic E-state index is 16.0. The Balaban J connectivity index is 0.987. The van der Waals surface area contributed by atoms with Crippen LogP contribution >= 0.6 is 45.3 Å². The Bertz CT molecular complexity index is 5090.